The molecule has 1 aromatic carbocycles. The fraction of sp³-hybridized carbons (Fsp3) is 0.462. The molecule has 1 aliphatic carbocycles. The Balaban J connectivity index is 2.10. The average Bonchev–Trinajstić information content (AvgIpc) is 2.25. The normalized spacial score (nSPS) is 27.5. The van der Waals surface area contributed by atoms with Crippen molar-refractivity contribution in [2.75, 3.05) is 0 Å². The van der Waals surface area contributed by atoms with Gasteiger partial charge in [0.15, 0.2) is 0 Å². The number of carbonyl (C=O) groups is 1. The second kappa shape index (κ2) is 4.91. The van der Waals surface area contributed by atoms with Gasteiger partial charge in [0.05, 0.1) is 0 Å². The van der Waals surface area contributed by atoms with Gasteiger partial charge < -0.3 is 5.11 Å². The summed E-state index contributed by atoms with van der Waals surface area (Å²) in [5.41, 5.74) is 0. The highest BCUT2D eigenvalue weighted by Gasteiger charge is 2.50. The fourth-order valence-electron chi connectivity index (χ4n) is 2.19. The summed E-state index contributed by atoms with van der Waals surface area (Å²) in [5, 5.41) is 10.0. The number of halogens is 1. The smallest absolute Gasteiger partial charge is 0.320 e. The predicted molar refractivity (Wildman–Crippen MR) is 70.7 cm³/mol. The van der Waals surface area contributed by atoms with E-state index in [1.807, 2.05) is 12.1 Å². The molecule has 2 rings (SSSR count). The van der Waals surface area contributed by atoms with Crippen molar-refractivity contribution in [1.82, 2.24) is 0 Å². The topological polar surface area (TPSA) is 37.3 Å². The Bertz CT molecular complexity index is 410. The highest BCUT2D eigenvalue weighted by Crippen LogP contribution is 2.52. The second-order valence-electron chi connectivity index (χ2n) is 4.54. The Kier molecular flexibility index (Phi) is 3.69. The summed E-state index contributed by atoms with van der Waals surface area (Å²) in [6.45, 7) is 2.11. The van der Waals surface area contributed by atoms with Gasteiger partial charge in [-0.15, -0.1) is 11.8 Å². The van der Waals surface area contributed by atoms with Gasteiger partial charge >= 0.3 is 5.97 Å². The Labute approximate surface area is 110 Å². The Morgan fingerprint density at radius 1 is 1.47 bits per heavy atom. The zero-order valence-electron chi connectivity index (χ0n) is 9.65. The molecular weight excluding hydrogens is 256 g/mol. The Morgan fingerprint density at radius 3 is 2.53 bits per heavy atom. The summed E-state index contributed by atoms with van der Waals surface area (Å²) < 4.78 is -0.617. The molecule has 0 aromatic heterocycles. The van der Waals surface area contributed by atoms with Gasteiger partial charge in [0, 0.05) is 9.92 Å². The molecule has 0 aliphatic heterocycles. The SMILES string of the molecule is CCC1CC(Sc2ccc(Cl)cc2)(C(=O)O)C1. The minimum absolute atomic E-state index is 0.561. The highest BCUT2D eigenvalue weighted by molar-refractivity contribution is 8.01. The maximum atomic E-state index is 11.4. The lowest BCUT2D eigenvalue weighted by Crippen LogP contribution is -2.47. The van der Waals surface area contributed by atoms with Gasteiger partial charge in [-0.2, -0.15) is 0 Å². The molecule has 1 aliphatic rings. The number of carboxylic acids is 1. The van der Waals surface area contributed by atoms with Crippen molar-refractivity contribution in [3.63, 3.8) is 0 Å². The Hall–Kier alpha value is -0.670. The zero-order valence-corrected chi connectivity index (χ0v) is 11.2. The molecule has 0 bridgehead atoms. The number of thioether (sulfide) groups is 1. The predicted octanol–water partition coefficient (Wildman–Crippen LogP) is 4.08. The van der Waals surface area contributed by atoms with Gasteiger partial charge in [-0.1, -0.05) is 24.9 Å². The molecule has 92 valence electrons. The van der Waals surface area contributed by atoms with E-state index < -0.39 is 10.7 Å². The van der Waals surface area contributed by atoms with Crippen molar-refractivity contribution < 1.29 is 9.90 Å². The Morgan fingerprint density at radius 2 is 2.06 bits per heavy atom. The minimum Gasteiger partial charge on any atom is -0.480 e. The molecule has 0 heterocycles. The largest absolute Gasteiger partial charge is 0.480 e. The molecule has 17 heavy (non-hydrogen) atoms. The van der Waals surface area contributed by atoms with Gasteiger partial charge in [-0.3, -0.25) is 4.79 Å². The molecule has 0 spiro atoms. The van der Waals surface area contributed by atoms with Gasteiger partial charge in [-0.25, -0.2) is 0 Å². The maximum absolute atomic E-state index is 11.4. The molecule has 1 N–H and O–H groups in total. The van der Waals surface area contributed by atoms with Crippen molar-refractivity contribution in [3.8, 4) is 0 Å². The average molecular weight is 271 g/mol. The van der Waals surface area contributed by atoms with Crippen LogP contribution >= 0.6 is 23.4 Å². The van der Waals surface area contributed by atoms with E-state index in [1.54, 1.807) is 12.1 Å². The highest BCUT2D eigenvalue weighted by atomic mass is 35.5. The lowest BCUT2D eigenvalue weighted by Gasteiger charge is -2.43. The third kappa shape index (κ3) is 2.61. The summed E-state index contributed by atoms with van der Waals surface area (Å²) in [6.07, 6.45) is 2.61. The van der Waals surface area contributed by atoms with Crippen molar-refractivity contribution >= 4 is 29.3 Å². The van der Waals surface area contributed by atoms with Crippen LogP contribution in [0.1, 0.15) is 26.2 Å². The third-order valence-corrected chi connectivity index (χ3v) is 4.99. The lowest BCUT2D eigenvalue weighted by atomic mass is 9.73. The van der Waals surface area contributed by atoms with Crippen LogP contribution in [-0.4, -0.2) is 15.8 Å². The molecule has 0 amide bonds. The van der Waals surface area contributed by atoms with Crippen LogP contribution in [0, 0.1) is 5.92 Å². The van der Waals surface area contributed by atoms with Crippen LogP contribution in [0.25, 0.3) is 0 Å². The number of hydrogen-bond donors (Lipinski definition) is 1. The standard InChI is InChI=1S/C13H15ClO2S/c1-2-9-7-13(8-9,12(15)16)17-11-5-3-10(14)4-6-11/h3-6,9H,2,7-8H2,1H3,(H,15,16). The first-order valence-electron chi connectivity index (χ1n) is 5.74. The van der Waals surface area contributed by atoms with Crippen LogP contribution < -0.4 is 0 Å². The van der Waals surface area contributed by atoms with Crippen LogP contribution in [0.2, 0.25) is 5.02 Å². The molecular formula is C13H15ClO2S. The summed E-state index contributed by atoms with van der Waals surface area (Å²) in [6, 6.07) is 7.37. The van der Waals surface area contributed by atoms with Crippen LogP contribution in [-0.2, 0) is 4.79 Å². The first-order valence-corrected chi connectivity index (χ1v) is 6.93. The quantitative estimate of drug-likeness (QED) is 0.896. The summed E-state index contributed by atoms with van der Waals surface area (Å²) >= 11 is 7.27. The number of benzene rings is 1. The van der Waals surface area contributed by atoms with E-state index in [9.17, 15) is 9.90 Å². The van der Waals surface area contributed by atoms with E-state index in [0.717, 1.165) is 24.2 Å². The van der Waals surface area contributed by atoms with Crippen LogP contribution in [0.5, 0.6) is 0 Å². The van der Waals surface area contributed by atoms with Crippen LogP contribution in [0.3, 0.4) is 0 Å². The summed E-state index contributed by atoms with van der Waals surface area (Å²) in [4.78, 5) is 12.4. The molecule has 0 radical (unpaired) electrons. The van der Waals surface area contributed by atoms with Crippen LogP contribution in [0.4, 0.5) is 0 Å². The van der Waals surface area contributed by atoms with E-state index in [2.05, 4.69) is 6.92 Å². The van der Waals surface area contributed by atoms with Crippen molar-refractivity contribution in [2.45, 2.75) is 35.8 Å². The molecule has 1 fully saturated rings. The van der Waals surface area contributed by atoms with E-state index in [-0.39, 0.29) is 0 Å². The monoisotopic (exact) mass is 270 g/mol. The summed E-state index contributed by atoms with van der Waals surface area (Å²) in [7, 11) is 0. The second-order valence-corrected chi connectivity index (χ2v) is 6.43. The molecule has 2 nitrogen and oxygen atoms in total. The van der Waals surface area contributed by atoms with E-state index in [1.165, 1.54) is 11.8 Å². The van der Waals surface area contributed by atoms with Gasteiger partial charge in [0.25, 0.3) is 0 Å². The zero-order chi connectivity index (χ0) is 12.5. The molecule has 1 saturated carbocycles. The first kappa shape index (κ1) is 12.8. The van der Waals surface area contributed by atoms with Gasteiger partial charge in [-0.05, 0) is 43.0 Å². The lowest BCUT2D eigenvalue weighted by molar-refractivity contribution is -0.143. The summed E-state index contributed by atoms with van der Waals surface area (Å²) in [5.74, 6) is -0.131. The minimum atomic E-state index is -0.692. The number of aliphatic carboxylic acids is 1. The maximum Gasteiger partial charge on any atom is 0.320 e. The fourth-order valence-corrected chi connectivity index (χ4v) is 3.77. The van der Waals surface area contributed by atoms with Crippen molar-refractivity contribution in [3.05, 3.63) is 29.3 Å². The number of rotatable bonds is 4. The van der Waals surface area contributed by atoms with Crippen molar-refractivity contribution in [2.24, 2.45) is 5.92 Å². The number of carboxylic acid groups (broad SMARTS) is 1. The first-order chi connectivity index (χ1) is 8.05. The number of hydrogen-bond acceptors (Lipinski definition) is 2. The molecule has 0 atom stereocenters. The molecule has 1 aromatic rings. The van der Waals surface area contributed by atoms with Gasteiger partial charge in [0.2, 0.25) is 0 Å². The molecule has 4 heteroatoms. The van der Waals surface area contributed by atoms with E-state index in [0.29, 0.717) is 10.9 Å². The van der Waals surface area contributed by atoms with Gasteiger partial charge in [0.1, 0.15) is 4.75 Å². The van der Waals surface area contributed by atoms with E-state index in [4.69, 9.17) is 11.6 Å². The molecule has 0 unspecified atom stereocenters. The van der Waals surface area contributed by atoms with Crippen molar-refractivity contribution in [1.29, 1.82) is 0 Å². The van der Waals surface area contributed by atoms with Crippen LogP contribution in [0.15, 0.2) is 29.2 Å². The third-order valence-electron chi connectivity index (χ3n) is 3.33. The van der Waals surface area contributed by atoms with E-state index >= 15 is 0 Å². The molecule has 0 saturated heterocycles.